The zero-order chi connectivity index (χ0) is 24.4. The van der Waals surface area contributed by atoms with Gasteiger partial charge in [0.1, 0.15) is 11.8 Å². The van der Waals surface area contributed by atoms with E-state index >= 15 is 0 Å². The lowest BCUT2D eigenvalue weighted by atomic mass is 9.80. The van der Waals surface area contributed by atoms with E-state index in [1.54, 1.807) is 0 Å². The summed E-state index contributed by atoms with van der Waals surface area (Å²) in [5, 5.41) is 18.8. The molecule has 0 saturated carbocycles. The van der Waals surface area contributed by atoms with Crippen molar-refractivity contribution in [3.63, 3.8) is 0 Å². The van der Waals surface area contributed by atoms with Crippen molar-refractivity contribution in [1.29, 1.82) is 0 Å². The molecule has 0 unspecified atom stereocenters. The third-order valence-electron chi connectivity index (χ3n) is 4.42. The van der Waals surface area contributed by atoms with Gasteiger partial charge in [-0.2, -0.15) is 26.3 Å². The maximum atomic E-state index is 12.7. The molecule has 2 N–H and O–H groups in total. The Morgan fingerprint density at radius 3 is 1.00 bits per heavy atom. The van der Waals surface area contributed by atoms with Gasteiger partial charge in [0, 0.05) is 11.1 Å². The third-order valence-corrected chi connectivity index (χ3v) is 4.42. The molecule has 0 bridgehead atoms. The quantitative estimate of drug-likeness (QED) is 0.363. The summed E-state index contributed by atoms with van der Waals surface area (Å²) in [6.07, 6.45) is -9.51. The number of alkyl halides is 6. The molecular weight excluding hydrogens is 450 g/mol. The fourth-order valence-electron chi connectivity index (χ4n) is 2.82. The summed E-state index contributed by atoms with van der Waals surface area (Å²) in [7, 11) is 0. The molecule has 0 fully saturated rings. The summed E-state index contributed by atoms with van der Waals surface area (Å²) < 4.78 is 76.0. The van der Waals surface area contributed by atoms with Gasteiger partial charge < -0.3 is 10.2 Å². The van der Waals surface area contributed by atoms with Crippen LogP contribution in [0.1, 0.15) is 31.8 Å². The number of carbonyl (C=O) groups is 4. The second kappa shape index (κ2) is 8.81. The van der Waals surface area contributed by atoms with Crippen molar-refractivity contribution in [3.05, 3.63) is 70.8 Å². The van der Waals surface area contributed by atoms with Crippen molar-refractivity contribution < 1.29 is 55.7 Å². The molecule has 0 aliphatic carbocycles. The van der Waals surface area contributed by atoms with Crippen molar-refractivity contribution in [2.24, 2.45) is 11.8 Å². The Morgan fingerprint density at radius 2 is 0.812 bits per heavy atom. The number of carbonyl (C=O) groups excluding carboxylic acids is 2. The molecule has 32 heavy (non-hydrogen) atoms. The van der Waals surface area contributed by atoms with Crippen molar-refractivity contribution in [2.75, 3.05) is 0 Å². The third kappa shape index (κ3) is 5.31. The highest BCUT2D eigenvalue weighted by atomic mass is 19.4. The number of carboxylic acids is 2. The molecule has 0 saturated heterocycles. The van der Waals surface area contributed by atoms with Crippen LogP contribution in [0.5, 0.6) is 0 Å². The van der Waals surface area contributed by atoms with Gasteiger partial charge in [-0.25, -0.2) is 0 Å². The Morgan fingerprint density at radius 1 is 0.562 bits per heavy atom. The van der Waals surface area contributed by atoms with Gasteiger partial charge in [-0.15, -0.1) is 0 Å². The summed E-state index contributed by atoms with van der Waals surface area (Å²) >= 11 is 0. The number of benzene rings is 2. The van der Waals surface area contributed by atoms with E-state index in [9.17, 15) is 55.7 Å². The van der Waals surface area contributed by atoms with Crippen molar-refractivity contribution in [1.82, 2.24) is 0 Å². The number of aliphatic carboxylic acids is 2. The second-order valence-corrected chi connectivity index (χ2v) is 6.51. The highest BCUT2D eigenvalue weighted by Gasteiger charge is 2.45. The van der Waals surface area contributed by atoms with Crippen LogP contribution in [0.4, 0.5) is 26.3 Å². The average molecular weight is 462 g/mol. The molecule has 0 aliphatic heterocycles. The molecule has 12 heteroatoms. The molecule has 0 heterocycles. The Hall–Kier alpha value is -3.70. The number of hydrogen-bond acceptors (Lipinski definition) is 4. The van der Waals surface area contributed by atoms with E-state index in [4.69, 9.17) is 0 Å². The first kappa shape index (κ1) is 24.6. The minimum atomic E-state index is -4.75. The van der Waals surface area contributed by atoms with Crippen LogP contribution in [0.25, 0.3) is 0 Å². The molecule has 170 valence electrons. The number of carboxylic acid groups (broad SMARTS) is 2. The van der Waals surface area contributed by atoms with E-state index in [1.165, 1.54) is 0 Å². The Balaban J connectivity index is 2.44. The molecule has 0 aromatic heterocycles. The summed E-state index contributed by atoms with van der Waals surface area (Å²) in [5.74, 6) is -12.1. The minimum absolute atomic E-state index is 0.472. The SMILES string of the molecule is O=C(O)[C@@H](C(=O)c1ccc(C(F)(F)F)cc1)[C@@H](C(=O)O)C(=O)c1ccc(C(F)(F)F)cc1. The Labute approximate surface area is 175 Å². The molecule has 0 aliphatic rings. The zero-order valence-electron chi connectivity index (χ0n) is 15.6. The van der Waals surface area contributed by atoms with E-state index in [0.717, 1.165) is 0 Å². The van der Waals surface area contributed by atoms with Crippen molar-refractivity contribution in [2.45, 2.75) is 12.4 Å². The van der Waals surface area contributed by atoms with Gasteiger partial charge in [-0.3, -0.25) is 19.2 Å². The maximum Gasteiger partial charge on any atom is 0.416 e. The van der Waals surface area contributed by atoms with Gasteiger partial charge in [0.15, 0.2) is 11.6 Å². The summed E-state index contributed by atoms with van der Waals surface area (Å²) in [6.45, 7) is 0. The maximum absolute atomic E-state index is 12.7. The lowest BCUT2D eigenvalue weighted by Gasteiger charge is -2.19. The van der Waals surface area contributed by atoms with Gasteiger partial charge in [-0.05, 0) is 24.3 Å². The summed E-state index contributed by atoms with van der Waals surface area (Å²) in [6, 6.07) is 4.40. The molecule has 6 nitrogen and oxygen atoms in total. The largest absolute Gasteiger partial charge is 0.481 e. The van der Waals surface area contributed by atoms with Crippen LogP contribution in [0.2, 0.25) is 0 Å². The molecule has 0 amide bonds. The number of hydrogen-bond donors (Lipinski definition) is 2. The molecule has 0 radical (unpaired) electrons. The topological polar surface area (TPSA) is 109 Å². The van der Waals surface area contributed by atoms with Crippen LogP contribution in [0, 0.1) is 11.8 Å². The van der Waals surface area contributed by atoms with Crippen LogP contribution >= 0.6 is 0 Å². The van der Waals surface area contributed by atoms with Crippen LogP contribution in [-0.4, -0.2) is 33.7 Å². The normalized spacial score (nSPS) is 13.8. The highest BCUT2D eigenvalue weighted by molar-refractivity contribution is 6.18. The molecular formula is C20H12F6O6. The molecule has 2 aromatic carbocycles. The predicted octanol–water partition coefficient (Wildman–Crippen LogP) is 4.19. The van der Waals surface area contributed by atoms with Gasteiger partial charge in [0.2, 0.25) is 0 Å². The number of ketones is 2. The fourth-order valence-corrected chi connectivity index (χ4v) is 2.82. The minimum Gasteiger partial charge on any atom is -0.481 e. The van der Waals surface area contributed by atoms with Crippen molar-refractivity contribution in [3.8, 4) is 0 Å². The van der Waals surface area contributed by atoms with E-state index in [0.29, 0.717) is 48.5 Å². The lowest BCUT2D eigenvalue weighted by molar-refractivity contribution is -0.149. The first-order valence-corrected chi connectivity index (χ1v) is 8.53. The van der Waals surface area contributed by atoms with Gasteiger partial charge >= 0.3 is 24.3 Å². The fraction of sp³-hybridized carbons (Fsp3) is 0.200. The monoisotopic (exact) mass is 462 g/mol. The highest BCUT2D eigenvalue weighted by Crippen LogP contribution is 2.32. The van der Waals surface area contributed by atoms with Crippen molar-refractivity contribution >= 4 is 23.5 Å². The number of halogens is 6. The first-order valence-electron chi connectivity index (χ1n) is 8.53. The van der Waals surface area contributed by atoms with E-state index in [2.05, 4.69) is 0 Å². The summed E-state index contributed by atoms with van der Waals surface area (Å²) in [5.41, 5.74) is -3.51. The van der Waals surface area contributed by atoms with Gasteiger partial charge in [0.05, 0.1) is 11.1 Å². The number of rotatable bonds is 7. The zero-order valence-corrected chi connectivity index (χ0v) is 15.6. The standard InChI is InChI=1S/C20H12F6O6/c21-19(22,23)11-5-1-9(2-6-11)15(27)13(17(29)30)14(18(31)32)16(28)10-3-7-12(8-4-10)20(24,25)26/h1-8,13-14H,(H,29,30)(H,31,32)/t13-,14-/m1/s1. The Kier molecular flexibility index (Phi) is 6.76. The van der Waals surface area contributed by atoms with Crippen LogP contribution < -0.4 is 0 Å². The second-order valence-electron chi connectivity index (χ2n) is 6.51. The van der Waals surface area contributed by atoms with E-state index < -0.39 is 69.9 Å². The lowest BCUT2D eigenvalue weighted by Crippen LogP contribution is -2.40. The van der Waals surface area contributed by atoms with Crippen LogP contribution in [0.15, 0.2) is 48.5 Å². The molecule has 2 rings (SSSR count). The van der Waals surface area contributed by atoms with Gasteiger partial charge in [0.25, 0.3) is 0 Å². The number of Topliss-reactive ketones (excluding diaryl/α,β-unsaturated/α-hetero) is 2. The predicted molar refractivity (Wildman–Crippen MR) is 93.8 cm³/mol. The van der Waals surface area contributed by atoms with Crippen LogP contribution in [0.3, 0.4) is 0 Å². The van der Waals surface area contributed by atoms with Crippen LogP contribution in [-0.2, 0) is 21.9 Å². The molecule has 2 atom stereocenters. The first-order chi connectivity index (χ1) is 14.6. The molecule has 0 spiro atoms. The van der Waals surface area contributed by atoms with Gasteiger partial charge in [-0.1, -0.05) is 24.3 Å². The summed E-state index contributed by atoms with van der Waals surface area (Å²) in [4.78, 5) is 48.5. The smallest absolute Gasteiger partial charge is 0.416 e. The van der Waals surface area contributed by atoms with E-state index in [-0.39, 0.29) is 0 Å². The average Bonchev–Trinajstić information content (AvgIpc) is 2.69. The van der Waals surface area contributed by atoms with E-state index in [1.807, 2.05) is 0 Å². The molecule has 2 aromatic rings. The Bertz CT molecular complexity index is 953.